The van der Waals surface area contributed by atoms with Gasteiger partial charge in [0.1, 0.15) is 0 Å². The van der Waals surface area contributed by atoms with E-state index in [4.69, 9.17) is 10.00 Å². The predicted molar refractivity (Wildman–Crippen MR) is 47.6 cm³/mol. The first kappa shape index (κ1) is 9.54. The third-order valence-corrected chi connectivity index (χ3v) is 2.46. The van der Waals surface area contributed by atoms with Gasteiger partial charge in [-0.1, -0.05) is 0 Å². The molecule has 0 amide bonds. The maximum absolute atomic E-state index is 8.45. The number of ether oxygens (including phenoxy) is 1. The topological polar surface area (TPSA) is 33.0 Å². The van der Waals surface area contributed by atoms with E-state index >= 15 is 0 Å². The van der Waals surface area contributed by atoms with Gasteiger partial charge in [0, 0.05) is 6.42 Å². The molecular formula is C10H17NO. The van der Waals surface area contributed by atoms with Crippen molar-refractivity contribution >= 4 is 0 Å². The fourth-order valence-corrected chi connectivity index (χ4v) is 2.05. The fraction of sp³-hybridized carbons (Fsp3) is 0.900. The van der Waals surface area contributed by atoms with E-state index in [0.29, 0.717) is 24.5 Å². The van der Waals surface area contributed by atoms with Gasteiger partial charge in [-0.2, -0.15) is 5.26 Å². The van der Waals surface area contributed by atoms with E-state index in [-0.39, 0.29) is 0 Å². The lowest BCUT2D eigenvalue weighted by Crippen LogP contribution is -2.29. The highest BCUT2D eigenvalue weighted by molar-refractivity contribution is 4.77. The lowest BCUT2D eigenvalue weighted by atomic mass is 9.89. The summed E-state index contributed by atoms with van der Waals surface area (Å²) < 4.78 is 5.61. The van der Waals surface area contributed by atoms with Crippen LogP contribution in [0.3, 0.4) is 0 Å². The summed E-state index contributed by atoms with van der Waals surface area (Å²) in [7, 11) is 0. The average molecular weight is 167 g/mol. The Kier molecular flexibility index (Phi) is 3.55. The van der Waals surface area contributed by atoms with Crippen LogP contribution in [0, 0.1) is 17.2 Å². The van der Waals surface area contributed by atoms with Gasteiger partial charge in [-0.05, 0) is 39.0 Å². The van der Waals surface area contributed by atoms with Gasteiger partial charge in [0.2, 0.25) is 0 Å². The normalized spacial score (nSPS) is 35.9. The monoisotopic (exact) mass is 167 g/mol. The van der Waals surface area contributed by atoms with Crippen LogP contribution in [-0.4, -0.2) is 12.2 Å². The Morgan fingerprint density at radius 1 is 1.33 bits per heavy atom. The highest BCUT2D eigenvalue weighted by Gasteiger charge is 2.23. The highest BCUT2D eigenvalue weighted by atomic mass is 16.5. The minimum atomic E-state index is 0.387. The van der Waals surface area contributed by atoms with Gasteiger partial charge in [0.15, 0.2) is 0 Å². The van der Waals surface area contributed by atoms with E-state index in [1.165, 1.54) is 0 Å². The molecule has 0 N–H and O–H groups in total. The van der Waals surface area contributed by atoms with Crippen LogP contribution >= 0.6 is 0 Å². The first-order valence-electron chi connectivity index (χ1n) is 4.74. The summed E-state index contributed by atoms with van der Waals surface area (Å²) in [5.74, 6) is 0.711. The molecule has 3 atom stereocenters. The fourth-order valence-electron chi connectivity index (χ4n) is 2.05. The molecule has 1 saturated heterocycles. The third-order valence-electron chi connectivity index (χ3n) is 2.46. The molecule has 0 saturated carbocycles. The minimum Gasteiger partial charge on any atom is -0.376 e. The first-order chi connectivity index (χ1) is 5.72. The molecule has 12 heavy (non-hydrogen) atoms. The number of rotatable bonds is 2. The molecule has 1 aliphatic heterocycles. The Morgan fingerprint density at radius 3 is 2.42 bits per heavy atom. The first-order valence-corrected chi connectivity index (χ1v) is 4.74. The van der Waals surface area contributed by atoms with Crippen molar-refractivity contribution in [2.75, 3.05) is 0 Å². The Hall–Kier alpha value is -0.550. The van der Waals surface area contributed by atoms with Gasteiger partial charge in [-0.25, -0.2) is 0 Å². The number of hydrogen-bond donors (Lipinski definition) is 0. The van der Waals surface area contributed by atoms with Gasteiger partial charge in [-0.3, -0.25) is 0 Å². The average Bonchev–Trinajstić information content (AvgIpc) is 1.99. The second-order valence-corrected chi connectivity index (χ2v) is 3.79. The summed E-state index contributed by atoms with van der Waals surface area (Å²) in [4.78, 5) is 0. The number of hydrogen-bond acceptors (Lipinski definition) is 2. The standard InChI is InChI=1S/C10H17NO/c1-8-6-10(4-3-5-11)7-9(2)12-8/h8-10H,3-4,6-7H2,1-2H3/t8-,9+,10?. The van der Waals surface area contributed by atoms with Crippen molar-refractivity contribution in [3.8, 4) is 6.07 Å². The zero-order chi connectivity index (χ0) is 8.97. The zero-order valence-electron chi connectivity index (χ0n) is 7.92. The van der Waals surface area contributed by atoms with Gasteiger partial charge in [-0.15, -0.1) is 0 Å². The molecule has 68 valence electrons. The molecule has 0 aliphatic carbocycles. The van der Waals surface area contributed by atoms with Crippen LogP contribution in [0.4, 0.5) is 0 Å². The van der Waals surface area contributed by atoms with Crippen LogP contribution in [0.2, 0.25) is 0 Å². The molecule has 0 aromatic heterocycles. The number of nitrogens with zero attached hydrogens (tertiary/aromatic N) is 1. The van der Waals surface area contributed by atoms with Crippen LogP contribution in [0.1, 0.15) is 39.5 Å². The second-order valence-electron chi connectivity index (χ2n) is 3.79. The lowest BCUT2D eigenvalue weighted by molar-refractivity contribution is -0.0531. The molecular weight excluding hydrogens is 150 g/mol. The maximum Gasteiger partial charge on any atom is 0.0621 e. The molecule has 1 heterocycles. The summed E-state index contributed by atoms with van der Waals surface area (Å²) in [6.45, 7) is 4.24. The SMILES string of the molecule is C[C@@H]1CC(CCC#N)C[C@H](C)O1. The van der Waals surface area contributed by atoms with Crippen LogP contribution in [0.15, 0.2) is 0 Å². The Morgan fingerprint density at radius 2 is 1.92 bits per heavy atom. The van der Waals surface area contributed by atoms with Crippen molar-refractivity contribution in [1.29, 1.82) is 5.26 Å². The Labute approximate surface area is 74.5 Å². The van der Waals surface area contributed by atoms with Gasteiger partial charge in [0.05, 0.1) is 18.3 Å². The van der Waals surface area contributed by atoms with E-state index in [2.05, 4.69) is 19.9 Å². The van der Waals surface area contributed by atoms with E-state index in [1.54, 1.807) is 0 Å². The van der Waals surface area contributed by atoms with Crippen LogP contribution in [-0.2, 0) is 4.74 Å². The van der Waals surface area contributed by atoms with E-state index in [0.717, 1.165) is 19.3 Å². The minimum absolute atomic E-state index is 0.387. The summed E-state index contributed by atoms with van der Waals surface area (Å²) >= 11 is 0. The molecule has 2 heteroatoms. The van der Waals surface area contributed by atoms with Crippen LogP contribution < -0.4 is 0 Å². The summed E-state index contributed by atoms with van der Waals surface area (Å²) in [6.07, 6.45) is 4.78. The maximum atomic E-state index is 8.45. The van der Waals surface area contributed by atoms with Crippen LogP contribution in [0.25, 0.3) is 0 Å². The Balaban J connectivity index is 2.30. The van der Waals surface area contributed by atoms with Gasteiger partial charge < -0.3 is 4.74 Å². The smallest absolute Gasteiger partial charge is 0.0621 e. The summed E-state index contributed by atoms with van der Waals surface area (Å²) in [5.41, 5.74) is 0. The van der Waals surface area contributed by atoms with Crippen molar-refractivity contribution in [2.45, 2.75) is 51.7 Å². The zero-order valence-corrected chi connectivity index (χ0v) is 7.92. The van der Waals surface area contributed by atoms with Crippen molar-refractivity contribution in [1.82, 2.24) is 0 Å². The number of nitriles is 1. The summed E-state index contributed by atoms with van der Waals surface area (Å²) in [5, 5.41) is 8.45. The van der Waals surface area contributed by atoms with Gasteiger partial charge >= 0.3 is 0 Å². The molecule has 1 fully saturated rings. The predicted octanol–water partition coefficient (Wildman–Crippen LogP) is 2.49. The Bertz CT molecular complexity index is 163. The molecule has 0 radical (unpaired) electrons. The lowest BCUT2D eigenvalue weighted by Gasteiger charge is -2.31. The molecule has 1 unspecified atom stereocenters. The van der Waals surface area contributed by atoms with E-state index in [9.17, 15) is 0 Å². The van der Waals surface area contributed by atoms with E-state index in [1.807, 2.05) is 0 Å². The van der Waals surface area contributed by atoms with Crippen LogP contribution in [0.5, 0.6) is 0 Å². The molecule has 0 aromatic carbocycles. The molecule has 0 aromatic rings. The molecule has 2 nitrogen and oxygen atoms in total. The van der Waals surface area contributed by atoms with E-state index < -0.39 is 0 Å². The largest absolute Gasteiger partial charge is 0.376 e. The van der Waals surface area contributed by atoms with Gasteiger partial charge in [0.25, 0.3) is 0 Å². The molecule has 1 rings (SSSR count). The van der Waals surface area contributed by atoms with Crippen molar-refractivity contribution in [2.24, 2.45) is 5.92 Å². The molecule has 1 aliphatic rings. The quantitative estimate of drug-likeness (QED) is 0.633. The van der Waals surface area contributed by atoms with Crippen molar-refractivity contribution in [3.63, 3.8) is 0 Å². The summed E-state index contributed by atoms with van der Waals surface area (Å²) in [6, 6.07) is 2.20. The van der Waals surface area contributed by atoms with Crippen molar-refractivity contribution < 1.29 is 4.74 Å². The molecule has 0 bridgehead atoms. The molecule has 0 spiro atoms. The highest BCUT2D eigenvalue weighted by Crippen LogP contribution is 2.27. The third kappa shape index (κ3) is 2.83. The second kappa shape index (κ2) is 4.47. The van der Waals surface area contributed by atoms with Crippen molar-refractivity contribution in [3.05, 3.63) is 0 Å².